The average molecular weight is 353 g/mol. The number of benzene rings is 1. The van der Waals surface area contributed by atoms with Gasteiger partial charge in [0.2, 0.25) is 0 Å². The van der Waals surface area contributed by atoms with Gasteiger partial charge in [0.05, 0.1) is 17.1 Å². The molecule has 7 nitrogen and oxygen atoms in total. The number of carbonyl (C=O) groups excluding carboxylic acids is 1. The van der Waals surface area contributed by atoms with Gasteiger partial charge in [-0.15, -0.1) is 11.3 Å². The number of thiazole rings is 1. The maximum absolute atomic E-state index is 12.5. The summed E-state index contributed by atoms with van der Waals surface area (Å²) in [6, 6.07) is 7.41. The third-order valence-corrected chi connectivity index (χ3v) is 4.91. The summed E-state index contributed by atoms with van der Waals surface area (Å²) >= 11 is 1.34. The summed E-state index contributed by atoms with van der Waals surface area (Å²) in [5.74, 6) is 0.261. The number of hydrogen-bond donors (Lipinski definition) is 1. The molecule has 3 heterocycles. The predicted octanol–water partition coefficient (Wildman–Crippen LogP) is 2.13. The molecule has 126 valence electrons. The Kier molecular flexibility index (Phi) is 3.61. The van der Waals surface area contributed by atoms with Crippen LogP contribution in [0.2, 0.25) is 0 Å². The van der Waals surface area contributed by atoms with E-state index in [0.29, 0.717) is 4.96 Å². The SMILES string of the molecule is CC(NC(=O)c1cnc2sccn2c1=O)c1nc2ccccc2n1C. The van der Waals surface area contributed by atoms with E-state index in [1.54, 1.807) is 11.6 Å². The summed E-state index contributed by atoms with van der Waals surface area (Å²) in [4.78, 5) is 34.2. The Hall–Kier alpha value is -3.00. The third-order valence-electron chi connectivity index (χ3n) is 4.14. The summed E-state index contributed by atoms with van der Waals surface area (Å²) in [5, 5.41) is 4.60. The fourth-order valence-electron chi connectivity index (χ4n) is 2.87. The highest BCUT2D eigenvalue weighted by Crippen LogP contribution is 2.19. The maximum Gasteiger partial charge on any atom is 0.271 e. The van der Waals surface area contributed by atoms with Gasteiger partial charge in [-0.1, -0.05) is 12.1 Å². The van der Waals surface area contributed by atoms with Crippen LogP contribution in [0.25, 0.3) is 16.0 Å². The topological polar surface area (TPSA) is 81.3 Å². The Bertz CT molecular complexity index is 1160. The van der Waals surface area contributed by atoms with Crippen molar-refractivity contribution in [2.45, 2.75) is 13.0 Å². The summed E-state index contributed by atoms with van der Waals surface area (Å²) in [6.07, 6.45) is 2.94. The van der Waals surface area contributed by atoms with Gasteiger partial charge in [0.1, 0.15) is 11.4 Å². The lowest BCUT2D eigenvalue weighted by Gasteiger charge is -2.13. The number of carbonyl (C=O) groups is 1. The van der Waals surface area contributed by atoms with Crippen molar-refractivity contribution in [3.63, 3.8) is 0 Å². The molecule has 1 aromatic carbocycles. The minimum absolute atomic E-state index is 0.0153. The van der Waals surface area contributed by atoms with Gasteiger partial charge in [-0.2, -0.15) is 0 Å². The van der Waals surface area contributed by atoms with E-state index in [1.165, 1.54) is 21.9 Å². The highest BCUT2D eigenvalue weighted by molar-refractivity contribution is 7.15. The van der Waals surface area contributed by atoms with E-state index in [0.717, 1.165) is 16.9 Å². The molecular weight excluding hydrogens is 338 g/mol. The Morgan fingerprint density at radius 2 is 2.12 bits per heavy atom. The van der Waals surface area contributed by atoms with Gasteiger partial charge < -0.3 is 9.88 Å². The largest absolute Gasteiger partial charge is 0.342 e. The molecule has 25 heavy (non-hydrogen) atoms. The van der Waals surface area contributed by atoms with Crippen molar-refractivity contribution in [3.8, 4) is 0 Å². The standard InChI is InChI=1S/C17H15N5O2S/c1-10(14-20-12-5-3-4-6-13(12)21(14)2)19-15(23)11-9-18-17-22(16(11)24)7-8-25-17/h3-10H,1-2H3,(H,19,23). The van der Waals surface area contributed by atoms with E-state index in [1.807, 2.05) is 42.8 Å². The zero-order valence-electron chi connectivity index (χ0n) is 13.6. The van der Waals surface area contributed by atoms with Crippen molar-refractivity contribution in [1.82, 2.24) is 24.3 Å². The quantitative estimate of drug-likeness (QED) is 0.612. The molecule has 0 bridgehead atoms. The molecule has 0 radical (unpaired) electrons. The fourth-order valence-corrected chi connectivity index (χ4v) is 3.55. The van der Waals surface area contributed by atoms with Crippen molar-refractivity contribution in [1.29, 1.82) is 0 Å². The first-order valence-corrected chi connectivity index (χ1v) is 8.61. The van der Waals surface area contributed by atoms with Crippen LogP contribution in [0.1, 0.15) is 29.1 Å². The number of imidazole rings is 1. The van der Waals surface area contributed by atoms with Crippen LogP contribution >= 0.6 is 11.3 Å². The minimum atomic E-state index is -0.461. The first kappa shape index (κ1) is 15.5. The van der Waals surface area contributed by atoms with E-state index in [9.17, 15) is 9.59 Å². The Morgan fingerprint density at radius 1 is 1.32 bits per heavy atom. The lowest BCUT2D eigenvalue weighted by Crippen LogP contribution is -2.33. The maximum atomic E-state index is 12.5. The molecule has 0 saturated heterocycles. The summed E-state index contributed by atoms with van der Waals surface area (Å²) in [6.45, 7) is 1.84. The van der Waals surface area contributed by atoms with Crippen LogP contribution in [0.15, 0.2) is 46.8 Å². The lowest BCUT2D eigenvalue weighted by atomic mass is 10.2. The average Bonchev–Trinajstić information content (AvgIpc) is 3.21. The molecule has 1 amide bonds. The number of para-hydroxylation sites is 2. The van der Waals surface area contributed by atoms with Crippen LogP contribution in [0, 0.1) is 0 Å². The first-order chi connectivity index (χ1) is 12.1. The van der Waals surface area contributed by atoms with Crippen molar-refractivity contribution >= 4 is 33.2 Å². The second kappa shape index (κ2) is 5.82. The molecule has 4 aromatic rings. The molecule has 3 aromatic heterocycles. The molecule has 1 N–H and O–H groups in total. The number of nitrogens with zero attached hydrogens (tertiary/aromatic N) is 4. The van der Waals surface area contributed by atoms with Gasteiger partial charge in [-0.25, -0.2) is 9.97 Å². The van der Waals surface area contributed by atoms with Crippen LogP contribution in [0.3, 0.4) is 0 Å². The third kappa shape index (κ3) is 2.51. The Morgan fingerprint density at radius 3 is 2.92 bits per heavy atom. The van der Waals surface area contributed by atoms with Gasteiger partial charge in [0.15, 0.2) is 4.96 Å². The Balaban J connectivity index is 1.66. The van der Waals surface area contributed by atoms with Gasteiger partial charge in [-0.05, 0) is 19.1 Å². The molecule has 0 aliphatic rings. The molecule has 0 saturated carbocycles. The Labute approximate surface area is 146 Å². The lowest BCUT2D eigenvalue weighted by molar-refractivity contribution is 0.0936. The fraction of sp³-hybridized carbons (Fsp3) is 0.176. The van der Waals surface area contributed by atoms with Gasteiger partial charge in [0.25, 0.3) is 11.5 Å². The van der Waals surface area contributed by atoms with Crippen LogP contribution in [0.5, 0.6) is 0 Å². The zero-order valence-corrected chi connectivity index (χ0v) is 14.4. The zero-order chi connectivity index (χ0) is 17.6. The van der Waals surface area contributed by atoms with Gasteiger partial charge in [-0.3, -0.25) is 14.0 Å². The monoisotopic (exact) mass is 353 g/mol. The number of rotatable bonds is 3. The second-order valence-electron chi connectivity index (χ2n) is 5.75. The molecule has 1 atom stereocenters. The molecule has 0 aliphatic heterocycles. The van der Waals surface area contributed by atoms with Crippen LogP contribution in [-0.4, -0.2) is 24.8 Å². The van der Waals surface area contributed by atoms with E-state index in [2.05, 4.69) is 15.3 Å². The smallest absolute Gasteiger partial charge is 0.271 e. The number of hydrogen-bond acceptors (Lipinski definition) is 5. The van der Waals surface area contributed by atoms with Crippen molar-refractivity contribution in [2.75, 3.05) is 0 Å². The number of fused-ring (bicyclic) bond motifs is 2. The van der Waals surface area contributed by atoms with E-state index in [-0.39, 0.29) is 17.2 Å². The summed E-state index contributed by atoms with van der Waals surface area (Å²) < 4.78 is 3.31. The number of aromatic nitrogens is 4. The van der Waals surface area contributed by atoms with E-state index >= 15 is 0 Å². The van der Waals surface area contributed by atoms with Crippen LogP contribution < -0.4 is 10.9 Å². The van der Waals surface area contributed by atoms with Gasteiger partial charge in [0, 0.05) is 24.8 Å². The van der Waals surface area contributed by atoms with Crippen molar-refractivity contribution in [3.05, 3.63) is 63.8 Å². The molecule has 0 spiro atoms. The molecule has 8 heteroatoms. The second-order valence-corrected chi connectivity index (χ2v) is 6.62. The minimum Gasteiger partial charge on any atom is -0.342 e. The molecule has 0 aliphatic carbocycles. The number of aryl methyl sites for hydroxylation is 1. The highest BCUT2D eigenvalue weighted by Gasteiger charge is 2.20. The molecule has 0 fully saturated rings. The van der Waals surface area contributed by atoms with E-state index in [4.69, 9.17) is 0 Å². The molecule has 1 unspecified atom stereocenters. The van der Waals surface area contributed by atoms with Gasteiger partial charge >= 0.3 is 0 Å². The number of amides is 1. The molecular formula is C17H15N5O2S. The van der Waals surface area contributed by atoms with Crippen molar-refractivity contribution in [2.24, 2.45) is 7.05 Å². The summed E-state index contributed by atoms with van der Waals surface area (Å²) in [5.41, 5.74) is 1.49. The van der Waals surface area contributed by atoms with Crippen LogP contribution in [-0.2, 0) is 7.05 Å². The number of nitrogens with one attached hydrogen (secondary N) is 1. The van der Waals surface area contributed by atoms with Crippen molar-refractivity contribution < 1.29 is 4.79 Å². The predicted molar refractivity (Wildman–Crippen MR) is 95.9 cm³/mol. The normalized spacial score (nSPS) is 12.6. The summed E-state index contributed by atoms with van der Waals surface area (Å²) in [7, 11) is 1.90. The first-order valence-electron chi connectivity index (χ1n) is 7.73. The molecule has 4 rings (SSSR count). The van der Waals surface area contributed by atoms with E-state index < -0.39 is 5.91 Å². The highest BCUT2D eigenvalue weighted by atomic mass is 32.1. The van der Waals surface area contributed by atoms with Crippen LogP contribution in [0.4, 0.5) is 0 Å².